The second kappa shape index (κ2) is 8.52. The Morgan fingerprint density at radius 1 is 0.656 bits per heavy atom. The van der Waals surface area contributed by atoms with Crippen LogP contribution in [-0.2, 0) is 0 Å². The van der Waals surface area contributed by atoms with Crippen LogP contribution in [-0.4, -0.2) is 22.1 Å². The molecule has 6 N–H and O–H groups in total. The molecule has 0 atom stereocenters. The molecule has 4 aromatic rings. The fourth-order valence-corrected chi connectivity index (χ4v) is 4.84. The Kier molecular flexibility index (Phi) is 5.57. The normalized spacial score (nSPS) is 18.7. The molecule has 2 aromatic heterocycles. The third kappa shape index (κ3) is 4.33. The summed E-state index contributed by atoms with van der Waals surface area (Å²) in [5, 5.41) is 10.7. The summed E-state index contributed by atoms with van der Waals surface area (Å²) in [4.78, 5) is 8.81. The average molecular weight is 467 g/mol. The Labute approximate surface area is 196 Å². The van der Waals surface area contributed by atoms with Crippen LogP contribution in [0.3, 0.4) is 0 Å². The van der Waals surface area contributed by atoms with Gasteiger partial charge in [0.1, 0.15) is 11.6 Å². The maximum absolute atomic E-state index is 6.13. The van der Waals surface area contributed by atoms with Crippen LogP contribution in [0.2, 0.25) is 10.0 Å². The number of fused-ring (bicyclic) bond motifs is 2. The summed E-state index contributed by atoms with van der Waals surface area (Å²) in [6.45, 7) is 0. The van der Waals surface area contributed by atoms with Crippen LogP contribution >= 0.6 is 23.2 Å². The van der Waals surface area contributed by atoms with Crippen molar-refractivity contribution in [1.29, 1.82) is 0 Å². The zero-order chi connectivity index (χ0) is 22.2. The number of hydrogen-bond acceptors (Lipinski definition) is 6. The first-order valence-corrected chi connectivity index (χ1v) is 11.4. The molecule has 164 valence electrons. The van der Waals surface area contributed by atoms with Crippen molar-refractivity contribution in [2.45, 2.75) is 37.8 Å². The predicted octanol–water partition coefficient (Wildman–Crippen LogP) is 6.09. The molecule has 0 aliphatic heterocycles. The molecule has 2 heterocycles. The van der Waals surface area contributed by atoms with Crippen molar-refractivity contribution in [2.75, 3.05) is 22.1 Å². The van der Waals surface area contributed by atoms with E-state index in [1.54, 1.807) is 0 Å². The second-order valence-electron chi connectivity index (χ2n) is 8.35. The Hall–Kier alpha value is -2.96. The lowest BCUT2D eigenvalue weighted by Crippen LogP contribution is -2.32. The molecular weight excluding hydrogens is 443 g/mol. The molecule has 32 heavy (non-hydrogen) atoms. The Bertz CT molecular complexity index is 1190. The van der Waals surface area contributed by atoms with Gasteiger partial charge in [-0.25, -0.2) is 9.97 Å². The van der Waals surface area contributed by atoms with Gasteiger partial charge in [0.15, 0.2) is 0 Å². The minimum absolute atomic E-state index is 0.367. The lowest BCUT2D eigenvalue weighted by Gasteiger charge is -2.31. The van der Waals surface area contributed by atoms with E-state index >= 15 is 0 Å². The molecule has 6 nitrogen and oxygen atoms in total. The highest BCUT2D eigenvalue weighted by molar-refractivity contribution is 6.31. The number of pyridine rings is 2. The molecule has 5 rings (SSSR count). The predicted molar refractivity (Wildman–Crippen MR) is 136 cm³/mol. The zero-order valence-electron chi connectivity index (χ0n) is 17.4. The van der Waals surface area contributed by atoms with Crippen molar-refractivity contribution >= 4 is 68.0 Å². The van der Waals surface area contributed by atoms with Gasteiger partial charge in [-0.3, -0.25) is 0 Å². The molecule has 0 saturated heterocycles. The molecule has 0 spiro atoms. The molecule has 1 fully saturated rings. The number of rotatable bonds is 4. The summed E-state index contributed by atoms with van der Waals surface area (Å²) in [6, 6.07) is 16.0. The summed E-state index contributed by atoms with van der Waals surface area (Å²) in [6.07, 6.45) is 4.16. The Morgan fingerprint density at radius 2 is 1.06 bits per heavy atom. The first-order valence-electron chi connectivity index (χ1n) is 10.7. The van der Waals surface area contributed by atoms with Crippen LogP contribution in [0, 0.1) is 0 Å². The molecule has 0 amide bonds. The molecule has 1 saturated carbocycles. The smallest absolute Gasteiger partial charge is 0.126 e. The van der Waals surface area contributed by atoms with Gasteiger partial charge in [-0.05, 0) is 62.1 Å². The lowest BCUT2D eigenvalue weighted by molar-refractivity contribution is 0.429. The maximum Gasteiger partial charge on any atom is 0.126 e. The molecule has 1 aliphatic carbocycles. The standard InChI is InChI=1S/C24H24Cl2N6/c25-13-1-7-17-19(9-13)31-23(27)11-21(17)29-15-3-5-16(6-4-15)30-22-12-24(28)32-20-10-14(26)2-8-18(20)22/h1-2,7-12,15-16H,3-6H2,(H3,27,29,31)(H3,28,30,32). The van der Waals surface area contributed by atoms with E-state index in [-0.39, 0.29) is 0 Å². The highest BCUT2D eigenvalue weighted by Crippen LogP contribution is 2.32. The summed E-state index contributed by atoms with van der Waals surface area (Å²) in [5.74, 6) is 0.972. The zero-order valence-corrected chi connectivity index (χ0v) is 18.9. The van der Waals surface area contributed by atoms with E-state index < -0.39 is 0 Å². The van der Waals surface area contributed by atoms with Crippen LogP contribution in [0.25, 0.3) is 21.8 Å². The first kappa shape index (κ1) is 20.9. The fourth-order valence-electron chi connectivity index (χ4n) is 4.50. The topological polar surface area (TPSA) is 102 Å². The van der Waals surface area contributed by atoms with Gasteiger partial charge in [0.05, 0.1) is 11.0 Å². The van der Waals surface area contributed by atoms with E-state index in [1.807, 2.05) is 48.5 Å². The number of aromatic nitrogens is 2. The van der Waals surface area contributed by atoms with Crippen molar-refractivity contribution in [3.05, 3.63) is 58.6 Å². The SMILES string of the molecule is Nc1cc(NC2CCC(Nc3cc(N)nc4cc(Cl)ccc34)CC2)c2ccc(Cl)cc2n1. The van der Waals surface area contributed by atoms with Crippen molar-refractivity contribution in [3.63, 3.8) is 0 Å². The number of hydrogen-bond donors (Lipinski definition) is 4. The quantitative estimate of drug-likeness (QED) is 0.290. The summed E-state index contributed by atoms with van der Waals surface area (Å²) in [5.41, 5.74) is 15.7. The third-order valence-corrected chi connectivity index (χ3v) is 6.50. The minimum atomic E-state index is 0.367. The molecule has 0 unspecified atom stereocenters. The van der Waals surface area contributed by atoms with Gasteiger partial charge in [-0.1, -0.05) is 23.2 Å². The van der Waals surface area contributed by atoms with Crippen molar-refractivity contribution in [1.82, 2.24) is 9.97 Å². The van der Waals surface area contributed by atoms with Crippen molar-refractivity contribution in [3.8, 4) is 0 Å². The number of nitrogen functional groups attached to an aromatic ring is 2. The first-order chi connectivity index (χ1) is 15.4. The lowest BCUT2D eigenvalue weighted by atomic mass is 9.90. The number of nitrogens with two attached hydrogens (primary N) is 2. The average Bonchev–Trinajstić information content (AvgIpc) is 2.74. The maximum atomic E-state index is 6.13. The van der Waals surface area contributed by atoms with E-state index in [0.717, 1.165) is 58.9 Å². The number of anilines is 4. The van der Waals surface area contributed by atoms with E-state index in [1.165, 1.54) is 0 Å². The molecule has 0 radical (unpaired) electrons. The summed E-state index contributed by atoms with van der Waals surface area (Å²) in [7, 11) is 0. The number of halogens is 2. The van der Waals surface area contributed by atoms with Gasteiger partial charge < -0.3 is 22.1 Å². The molecule has 0 bridgehead atoms. The van der Waals surface area contributed by atoms with E-state index in [2.05, 4.69) is 20.6 Å². The molecule has 1 aliphatic rings. The monoisotopic (exact) mass is 466 g/mol. The molecule has 8 heteroatoms. The highest BCUT2D eigenvalue weighted by atomic mass is 35.5. The summed E-state index contributed by atoms with van der Waals surface area (Å²) < 4.78 is 0. The molecule has 2 aromatic carbocycles. The Morgan fingerprint density at radius 3 is 1.47 bits per heavy atom. The van der Waals surface area contributed by atoms with E-state index in [0.29, 0.717) is 33.8 Å². The largest absolute Gasteiger partial charge is 0.384 e. The summed E-state index contributed by atoms with van der Waals surface area (Å²) >= 11 is 12.3. The van der Waals surface area contributed by atoms with E-state index in [4.69, 9.17) is 34.7 Å². The van der Waals surface area contributed by atoms with Gasteiger partial charge in [0.2, 0.25) is 0 Å². The highest BCUT2D eigenvalue weighted by Gasteiger charge is 2.22. The number of nitrogens with one attached hydrogen (secondary N) is 2. The number of benzene rings is 2. The van der Waals surface area contributed by atoms with Crippen LogP contribution in [0.15, 0.2) is 48.5 Å². The van der Waals surface area contributed by atoms with Crippen LogP contribution in [0.1, 0.15) is 25.7 Å². The fraction of sp³-hybridized carbons (Fsp3) is 0.250. The van der Waals surface area contributed by atoms with Gasteiger partial charge in [-0.2, -0.15) is 0 Å². The van der Waals surface area contributed by atoms with Crippen LogP contribution in [0.4, 0.5) is 23.0 Å². The number of nitrogens with zero attached hydrogens (tertiary/aromatic N) is 2. The van der Waals surface area contributed by atoms with E-state index in [9.17, 15) is 0 Å². The van der Waals surface area contributed by atoms with Crippen molar-refractivity contribution in [2.24, 2.45) is 0 Å². The minimum Gasteiger partial charge on any atom is -0.384 e. The third-order valence-electron chi connectivity index (χ3n) is 6.03. The van der Waals surface area contributed by atoms with Gasteiger partial charge in [0.25, 0.3) is 0 Å². The van der Waals surface area contributed by atoms with Gasteiger partial charge in [0, 0.05) is 56.4 Å². The van der Waals surface area contributed by atoms with Gasteiger partial charge in [-0.15, -0.1) is 0 Å². The van der Waals surface area contributed by atoms with Crippen LogP contribution in [0.5, 0.6) is 0 Å². The Balaban J connectivity index is 1.29. The molecular formula is C24H24Cl2N6. The second-order valence-corrected chi connectivity index (χ2v) is 9.22. The van der Waals surface area contributed by atoms with Gasteiger partial charge >= 0.3 is 0 Å². The van der Waals surface area contributed by atoms with Crippen molar-refractivity contribution < 1.29 is 0 Å². The van der Waals surface area contributed by atoms with Crippen LogP contribution < -0.4 is 22.1 Å².